The number of halogens is 1. The van der Waals surface area contributed by atoms with Crippen molar-refractivity contribution in [1.29, 1.82) is 0 Å². The number of carbonyl (C=O) groups excluding carboxylic acids is 2. The van der Waals surface area contributed by atoms with Crippen molar-refractivity contribution in [3.63, 3.8) is 0 Å². The number of nitrogens with one attached hydrogen (secondary N) is 1. The Bertz CT molecular complexity index is 948. The van der Waals surface area contributed by atoms with Gasteiger partial charge in [0.15, 0.2) is 18.1 Å². The van der Waals surface area contributed by atoms with E-state index in [0.29, 0.717) is 61.5 Å². The van der Waals surface area contributed by atoms with Gasteiger partial charge in [-0.1, -0.05) is 11.6 Å². The molecule has 0 aliphatic carbocycles. The lowest BCUT2D eigenvalue weighted by atomic mass is 10.2. The summed E-state index contributed by atoms with van der Waals surface area (Å²) in [7, 11) is 0. The molecule has 0 fully saturated rings. The third-order valence-corrected chi connectivity index (χ3v) is 4.49. The highest BCUT2D eigenvalue weighted by atomic mass is 35.5. The molecule has 0 radical (unpaired) electrons. The summed E-state index contributed by atoms with van der Waals surface area (Å²) in [4.78, 5) is 24.8. The minimum atomic E-state index is -0.708. The van der Waals surface area contributed by atoms with E-state index < -0.39 is 18.5 Å². The fraction of sp³-hybridized carbons (Fsp3) is 0.364. The first kappa shape index (κ1) is 22.6. The fourth-order valence-corrected chi connectivity index (χ4v) is 3.16. The maximum absolute atomic E-state index is 12.4. The molecule has 2 aromatic rings. The molecular weight excluding hydrogens is 426 g/mol. The van der Waals surface area contributed by atoms with Gasteiger partial charge in [-0.2, -0.15) is 0 Å². The summed E-state index contributed by atoms with van der Waals surface area (Å²) < 4.78 is 27.2. The molecule has 31 heavy (non-hydrogen) atoms. The van der Waals surface area contributed by atoms with Gasteiger partial charge >= 0.3 is 5.97 Å². The normalized spacial score (nSPS) is 12.5. The highest BCUT2D eigenvalue weighted by Crippen LogP contribution is 2.38. The zero-order valence-electron chi connectivity index (χ0n) is 17.4. The second-order valence-electron chi connectivity index (χ2n) is 6.48. The van der Waals surface area contributed by atoms with Crippen LogP contribution in [0, 0.1) is 0 Å². The minimum Gasteiger partial charge on any atom is -0.494 e. The highest BCUT2D eigenvalue weighted by Gasteiger charge is 2.20. The van der Waals surface area contributed by atoms with Gasteiger partial charge in [-0.25, -0.2) is 4.79 Å². The van der Waals surface area contributed by atoms with Crippen LogP contribution in [0.15, 0.2) is 30.3 Å². The number of rotatable bonds is 8. The standard InChI is InChI=1S/C22H24ClNO7/c1-3-27-15-6-7-18(28-4-2)17(12-15)24-20(25)13-31-22(26)14-10-16(23)21-19(11-14)29-8-5-9-30-21/h6-7,10-12H,3-5,8-9,13H2,1-2H3,(H,24,25). The second kappa shape index (κ2) is 10.8. The third-order valence-electron chi connectivity index (χ3n) is 4.21. The van der Waals surface area contributed by atoms with Gasteiger partial charge in [-0.3, -0.25) is 4.79 Å². The fourth-order valence-electron chi connectivity index (χ4n) is 2.89. The number of fused-ring (bicyclic) bond motifs is 1. The molecule has 8 nitrogen and oxygen atoms in total. The van der Waals surface area contributed by atoms with Gasteiger partial charge in [0.1, 0.15) is 11.5 Å². The summed E-state index contributed by atoms with van der Waals surface area (Å²) in [6.07, 6.45) is 0.708. The molecule has 2 aromatic carbocycles. The van der Waals surface area contributed by atoms with E-state index in [9.17, 15) is 9.59 Å². The molecule has 3 rings (SSSR count). The van der Waals surface area contributed by atoms with Crippen molar-refractivity contribution in [3.8, 4) is 23.0 Å². The Labute approximate surface area is 185 Å². The Morgan fingerprint density at radius 2 is 1.84 bits per heavy atom. The Morgan fingerprint density at radius 1 is 1.06 bits per heavy atom. The van der Waals surface area contributed by atoms with Crippen LogP contribution in [-0.4, -0.2) is 44.9 Å². The van der Waals surface area contributed by atoms with Gasteiger partial charge in [0.2, 0.25) is 0 Å². The summed E-state index contributed by atoms with van der Waals surface area (Å²) >= 11 is 6.20. The van der Waals surface area contributed by atoms with Crippen LogP contribution in [0.3, 0.4) is 0 Å². The van der Waals surface area contributed by atoms with Crippen molar-refractivity contribution in [2.75, 3.05) is 38.4 Å². The monoisotopic (exact) mass is 449 g/mol. The molecule has 0 aromatic heterocycles. The molecule has 0 unspecified atom stereocenters. The lowest BCUT2D eigenvalue weighted by Crippen LogP contribution is -2.21. The van der Waals surface area contributed by atoms with E-state index in [1.165, 1.54) is 12.1 Å². The number of benzene rings is 2. The van der Waals surface area contributed by atoms with Crippen LogP contribution in [0.25, 0.3) is 0 Å². The topological polar surface area (TPSA) is 92.3 Å². The molecular formula is C22H24ClNO7. The van der Waals surface area contributed by atoms with E-state index in [2.05, 4.69) is 5.32 Å². The molecule has 0 atom stereocenters. The Kier molecular flexibility index (Phi) is 7.83. The van der Waals surface area contributed by atoms with Gasteiger partial charge < -0.3 is 29.0 Å². The molecule has 0 saturated carbocycles. The summed E-state index contributed by atoms with van der Waals surface area (Å²) in [6, 6.07) is 8.02. The molecule has 1 amide bonds. The smallest absolute Gasteiger partial charge is 0.338 e. The van der Waals surface area contributed by atoms with Gasteiger partial charge in [-0.05, 0) is 38.1 Å². The number of carbonyl (C=O) groups is 2. The largest absolute Gasteiger partial charge is 0.494 e. The van der Waals surface area contributed by atoms with Gasteiger partial charge in [0.05, 0.1) is 42.7 Å². The molecule has 1 heterocycles. The Morgan fingerprint density at radius 3 is 2.61 bits per heavy atom. The number of hydrogen-bond donors (Lipinski definition) is 1. The maximum atomic E-state index is 12.4. The van der Waals surface area contributed by atoms with Crippen molar-refractivity contribution in [3.05, 3.63) is 40.9 Å². The average Bonchev–Trinajstić information content (AvgIpc) is 3.00. The van der Waals surface area contributed by atoms with Crippen molar-refractivity contribution >= 4 is 29.2 Å². The minimum absolute atomic E-state index is 0.162. The first-order valence-corrected chi connectivity index (χ1v) is 10.3. The maximum Gasteiger partial charge on any atom is 0.338 e. The number of anilines is 1. The summed E-state index contributed by atoms with van der Waals surface area (Å²) in [6.45, 7) is 5.05. The quantitative estimate of drug-likeness (QED) is 0.606. The number of hydrogen-bond acceptors (Lipinski definition) is 7. The van der Waals surface area contributed by atoms with E-state index >= 15 is 0 Å². The van der Waals surface area contributed by atoms with Crippen LogP contribution in [0.5, 0.6) is 23.0 Å². The van der Waals surface area contributed by atoms with Crippen LogP contribution in [0.1, 0.15) is 30.6 Å². The molecule has 9 heteroatoms. The van der Waals surface area contributed by atoms with Crippen molar-refractivity contribution < 1.29 is 33.3 Å². The Hall–Kier alpha value is -3.13. The van der Waals surface area contributed by atoms with Crippen LogP contribution in [-0.2, 0) is 9.53 Å². The Balaban J connectivity index is 1.64. The highest BCUT2D eigenvalue weighted by molar-refractivity contribution is 6.32. The summed E-state index contributed by atoms with van der Waals surface area (Å²) in [5, 5.41) is 2.92. The number of amides is 1. The van der Waals surface area contributed by atoms with Crippen LogP contribution in [0.4, 0.5) is 5.69 Å². The van der Waals surface area contributed by atoms with Crippen molar-refractivity contribution in [2.45, 2.75) is 20.3 Å². The predicted molar refractivity (Wildman–Crippen MR) is 115 cm³/mol. The van der Waals surface area contributed by atoms with Crippen LogP contribution >= 0.6 is 11.6 Å². The SMILES string of the molecule is CCOc1ccc(OCC)c(NC(=O)COC(=O)c2cc(Cl)c3c(c2)OCCCO3)c1. The van der Waals surface area contributed by atoms with Gasteiger partial charge in [-0.15, -0.1) is 0 Å². The first-order chi connectivity index (χ1) is 15.0. The van der Waals surface area contributed by atoms with Crippen molar-refractivity contribution in [1.82, 2.24) is 0 Å². The van der Waals surface area contributed by atoms with E-state index in [1.807, 2.05) is 13.8 Å². The summed E-state index contributed by atoms with van der Waals surface area (Å²) in [5.74, 6) is 0.603. The molecule has 0 spiro atoms. The lowest BCUT2D eigenvalue weighted by molar-refractivity contribution is -0.119. The van der Waals surface area contributed by atoms with Gasteiger partial charge in [0.25, 0.3) is 5.91 Å². The van der Waals surface area contributed by atoms with E-state index in [0.717, 1.165) is 0 Å². The third kappa shape index (κ3) is 5.95. The van der Waals surface area contributed by atoms with Crippen molar-refractivity contribution in [2.24, 2.45) is 0 Å². The molecule has 0 saturated heterocycles. The van der Waals surface area contributed by atoms with Crippen LogP contribution < -0.4 is 24.3 Å². The molecule has 1 aliphatic heterocycles. The molecule has 0 bridgehead atoms. The van der Waals surface area contributed by atoms with Gasteiger partial charge in [0, 0.05) is 12.5 Å². The molecule has 166 valence electrons. The molecule has 1 N–H and O–H groups in total. The first-order valence-electron chi connectivity index (χ1n) is 9.97. The lowest BCUT2D eigenvalue weighted by Gasteiger charge is -2.14. The zero-order valence-corrected chi connectivity index (χ0v) is 18.1. The number of ether oxygens (including phenoxy) is 5. The average molecular weight is 450 g/mol. The van der Waals surface area contributed by atoms with E-state index in [1.54, 1.807) is 18.2 Å². The van der Waals surface area contributed by atoms with E-state index in [4.69, 9.17) is 35.3 Å². The second-order valence-corrected chi connectivity index (χ2v) is 6.89. The predicted octanol–water partition coefficient (Wildman–Crippen LogP) is 4.09. The van der Waals surface area contributed by atoms with E-state index in [-0.39, 0.29) is 10.6 Å². The molecule has 1 aliphatic rings. The zero-order chi connectivity index (χ0) is 22.2. The van der Waals surface area contributed by atoms with Crippen LogP contribution in [0.2, 0.25) is 5.02 Å². The summed E-state index contributed by atoms with van der Waals surface area (Å²) in [5.41, 5.74) is 0.586. The number of esters is 1.